The van der Waals surface area contributed by atoms with Crippen LogP contribution in [0.3, 0.4) is 0 Å². The Morgan fingerprint density at radius 2 is 1.81 bits per heavy atom. The number of nitrogens with one attached hydrogen (secondary N) is 1. The summed E-state index contributed by atoms with van der Waals surface area (Å²) in [6.07, 6.45) is 8.06. The molecule has 0 spiro atoms. The summed E-state index contributed by atoms with van der Waals surface area (Å²) in [6, 6.07) is 9.74. The fourth-order valence-corrected chi connectivity index (χ4v) is 5.14. The van der Waals surface area contributed by atoms with Gasteiger partial charge in [-0.15, -0.1) is 0 Å². The molecule has 0 atom stereocenters. The number of nitrogens with zero attached hydrogens (tertiary/aromatic N) is 2. The molecule has 4 nitrogen and oxygen atoms in total. The highest BCUT2D eigenvalue weighted by Crippen LogP contribution is 2.33. The molecule has 2 aliphatic heterocycles. The molecule has 0 unspecified atom stereocenters. The number of halogens is 1. The summed E-state index contributed by atoms with van der Waals surface area (Å²) in [6.45, 7) is 8.77. The molecule has 0 aromatic heterocycles. The standard InChI is InChI=1S/C27H36FN3O/c1-21-24(20-29-25-12-11-22(8-6-18-32)26(28)19-25)10-9-23-7-5-15-31(27(21)23)17-16-30-13-3-2-4-14-30/h9-12,18-19,29H,2-8,13-17,20H2,1H3. The Balaban J connectivity index is 1.43. The van der Waals surface area contributed by atoms with Crippen LogP contribution in [-0.2, 0) is 24.2 Å². The summed E-state index contributed by atoms with van der Waals surface area (Å²) in [5.74, 6) is -0.247. The van der Waals surface area contributed by atoms with E-state index in [1.807, 2.05) is 6.07 Å². The minimum absolute atomic E-state index is 0.247. The van der Waals surface area contributed by atoms with Crippen molar-refractivity contribution in [2.24, 2.45) is 0 Å². The molecule has 4 rings (SSSR count). The molecular weight excluding hydrogens is 401 g/mol. The number of aldehydes is 1. The second-order valence-corrected chi connectivity index (χ2v) is 9.22. The Morgan fingerprint density at radius 1 is 1.00 bits per heavy atom. The van der Waals surface area contributed by atoms with Crippen molar-refractivity contribution < 1.29 is 9.18 Å². The van der Waals surface area contributed by atoms with Crippen LogP contribution in [-0.4, -0.2) is 43.9 Å². The van der Waals surface area contributed by atoms with E-state index < -0.39 is 0 Å². The second kappa shape index (κ2) is 11.0. The predicted octanol–water partition coefficient (Wildman–Crippen LogP) is 5.12. The first-order chi connectivity index (χ1) is 15.7. The second-order valence-electron chi connectivity index (χ2n) is 9.22. The number of carbonyl (C=O) groups is 1. The fraction of sp³-hybridized carbons (Fsp3) is 0.519. The molecule has 1 saturated heterocycles. The van der Waals surface area contributed by atoms with E-state index in [0.29, 0.717) is 24.9 Å². The molecule has 2 aromatic carbocycles. The normalized spacial score (nSPS) is 16.6. The fourth-order valence-electron chi connectivity index (χ4n) is 5.14. The van der Waals surface area contributed by atoms with Crippen LogP contribution in [0.15, 0.2) is 30.3 Å². The zero-order valence-electron chi connectivity index (χ0n) is 19.3. The van der Waals surface area contributed by atoms with Gasteiger partial charge in [0, 0.05) is 44.0 Å². The van der Waals surface area contributed by atoms with Crippen LogP contribution < -0.4 is 10.2 Å². The number of rotatable bonds is 9. The first-order valence-corrected chi connectivity index (χ1v) is 12.2. The van der Waals surface area contributed by atoms with Gasteiger partial charge >= 0.3 is 0 Å². The van der Waals surface area contributed by atoms with Gasteiger partial charge in [-0.2, -0.15) is 0 Å². The van der Waals surface area contributed by atoms with Gasteiger partial charge in [-0.05, 0) is 86.5 Å². The summed E-state index contributed by atoms with van der Waals surface area (Å²) in [7, 11) is 0. The Kier molecular flexibility index (Phi) is 7.80. The number of hydrogen-bond acceptors (Lipinski definition) is 4. The number of anilines is 2. The number of benzene rings is 2. The van der Waals surface area contributed by atoms with Crippen LogP contribution in [0, 0.1) is 12.7 Å². The maximum atomic E-state index is 14.3. The smallest absolute Gasteiger partial charge is 0.128 e. The molecule has 2 heterocycles. The number of hydrogen-bond donors (Lipinski definition) is 1. The van der Waals surface area contributed by atoms with Crippen LogP contribution in [0.1, 0.15) is 54.4 Å². The van der Waals surface area contributed by atoms with Crippen LogP contribution >= 0.6 is 0 Å². The molecule has 2 aromatic rings. The minimum Gasteiger partial charge on any atom is -0.381 e. The first-order valence-electron chi connectivity index (χ1n) is 12.2. The molecule has 0 bridgehead atoms. The highest BCUT2D eigenvalue weighted by Gasteiger charge is 2.21. The lowest BCUT2D eigenvalue weighted by Gasteiger charge is -2.36. The Hall–Kier alpha value is -2.40. The molecular formula is C27H36FN3O. The van der Waals surface area contributed by atoms with Crippen molar-refractivity contribution in [1.82, 2.24) is 4.90 Å². The summed E-state index contributed by atoms with van der Waals surface area (Å²) < 4.78 is 14.3. The van der Waals surface area contributed by atoms with Gasteiger partial charge in [0.2, 0.25) is 0 Å². The SMILES string of the molecule is Cc1c(CNc2ccc(CCC=O)c(F)c2)ccc2c1N(CCN1CCCCC1)CCC2. The van der Waals surface area contributed by atoms with Gasteiger partial charge in [-0.25, -0.2) is 4.39 Å². The highest BCUT2D eigenvalue weighted by atomic mass is 19.1. The van der Waals surface area contributed by atoms with E-state index in [4.69, 9.17) is 0 Å². The van der Waals surface area contributed by atoms with Crippen molar-refractivity contribution >= 4 is 17.7 Å². The van der Waals surface area contributed by atoms with Gasteiger partial charge in [0.1, 0.15) is 12.1 Å². The van der Waals surface area contributed by atoms with E-state index in [0.717, 1.165) is 38.0 Å². The molecule has 1 fully saturated rings. The number of piperidine rings is 1. The minimum atomic E-state index is -0.247. The van der Waals surface area contributed by atoms with Gasteiger partial charge in [-0.1, -0.05) is 24.6 Å². The summed E-state index contributed by atoms with van der Waals surface area (Å²) in [4.78, 5) is 15.8. The molecule has 0 saturated carbocycles. The van der Waals surface area contributed by atoms with E-state index >= 15 is 0 Å². The number of aryl methyl sites for hydroxylation is 2. The van der Waals surface area contributed by atoms with Crippen molar-refractivity contribution in [2.75, 3.05) is 42.9 Å². The molecule has 172 valence electrons. The third kappa shape index (κ3) is 5.50. The monoisotopic (exact) mass is 437 g/mol. The van der Waals surface area contributed by atoms with E-state index in [1.165, 1.54) is 61.2 Å². The van der Waals surface area contributed by atoms with Crippen molar-refractivity contribution in [2.45, 2.75) is 58.4 Å². The number of likely N-dealkylation sites (tertiary alicyclic amines) is 1. The van der Waals surface area contributed by atoms with Gasteiger partial charge in [0.05, 0.1) is 0 Å². The predicted molar refractivity (Wildman–Crippen MR) is 130 cm³/mol. The average Bonchev–Trinajstić information content (AvgIpc) is 2.82. The topological polar surface area (TPSA) is 35.6 Å². The zero-order valence-corrected chi connectivity index (χ0v) is 19.3. The summed E-state index contributed by atoms with van der Waals surface area (Å²) in [5.41, 5.74) is 6.86. The Labute approximate surface area is 191 Å². The van der Waals surface area contributed by atoms with Crippen LogP contribution in [0.2, 0.25) is 0 Å². The van der Waals surface area contributed by atoms with Gasteiger partial charge in [0.25, 0.3) is 0 Å². The molecule has 0 radical (unpaired) electrons. The molecule has 2 aliphatic rings. The summed E-state index contributed by atoms with van der Waals surface area (Å²) in [5, 5.41) is 3.39. The third-order valence-electron chi connectivity index (χ3n) is 7.02. The Bertz CT molecular complexity index is 923. The van der Waals surface area contributed by atoms with Crippen LogP contribution in [0.5, 0.6) is 0 Å². The molecule has 5 heteroatoms. The molecule has 1 N–H and O–H groups in total. The van der Waals surface area contributed by atoms with E-state index in [2.05, 4.69) is 34.2 Å². The van der Waals surface area contributed by atoms with Gasteiger partial charge in [-0.3, -0.25) is 0 Å². The first kappa shape index (κ1) is 22.8. The number of carbonyl (C=O) groups excluding carboxylic acids is 1. The van der Waals surface area contributed by atoms with E-state index in [-0.39, 0.29) is 5.82 Å². The van der Waals surface area contributed by atoms with Gasteiger partial charge < -0.3 is 19.9 Å². The van der Waals surface area contributed by atoms with Crippen molar-refractivity contribution in [3.8, 4) is 0 Å². The third-order valence-corrected chi connectivity index (χ3v) is 7.02. The lowest BCUT2D eigenvalue weighted by atomic mass is 9.94. The zero-order chi connectivity index (χ0) is 22.3. The quantitative estimate of drug-likeness (QED) is 0.553. The van der Waals surface area contributed by atoms with Crippen LogP contribution in [0.25, 0.3) is 0 Å². The Morgan fingerprint density at radius 3 is 2.59 bits per heavy atom. The van der Waals surface area contributed by atoms with Crippen molar-refractivity contribution in [3.63, 3.8) is 0 Å². The lowest BCUT2D eigenvalue weighted by Crippen LogP contribution is -2.40. The van der Waals surface area contributed by atoms with Crippen LogP contribution in [0.4, 0.5) is 15.8 Å². The van der Waals surface area contributed by atoms with Crippen molar-refractivity contribution in [1.29, 1.82) is 0 Å². The number of fused-ring (bicyclic) bond motifs is 1. The molecule has 0 aliphatic carbocycles. The highest BCUT2D eigenvalue weighted by molar-refractivity contribution is 5.64. The lowest BCUT2D eigenvalue weighted by molar-refractivity contribution is -0.107. The largest absolute Gasteiger partial charge is 0.381 e. The van der Waals surface area contributed by atoms with E-state index in [1.54, 1.807) is 12.1 Å². The molecule has 0 amide bonds. The van der Waals surface area contributed by atoms with Crippen molar-refractivity contribution in [3.05, 3.63) is 58.4 Å². The molecule has 32 heavy (non-hydrogen) atoms. The average molecular weight is 438 g/mol. The maximum absolute atomic E-state index is 14.3. The summed E-state index contributed by atoms with van der Waals surface area (Å²) >= 11 is 0. The maximum Gasteiger partial charge on any atom is 0.128 e. The van der Waals surface area contributed by atoms with Gasteiger partial charge in [0.15, 0.2) is 0 Å². The van der Waals surface area contributed by atoms with E-state index in [9.17, 15) is 9.18 Å².